The average Bonchev–Trinajstić information content (AvgIpc) is 3.54. The Bertz CT molecular complexity index is 1610. The van der Waals surface area contributed by atoms with Gasteiger partial charge in [-0.05, 0) is 43.7 Å². The van der Waals surface area contributed by atoms with Crippen LogP contribution >= 0.6 is 0 Å². The SMILES string of the molecule is CCS(=O)(=O)N1CCOc2cccc(F)c2-c2cc3c(n[nH]c3cn2)-c2cccc(c2)N2CC1CC2CO. The van der Waals surface area contributed by atoms with Crippen molar-refractivity contribution in [3.05, 3.63) is 60.5 Å². The lowest BCUT2D eigenvalue weighted by molar-refractivity contribution is 0.234. The third-order valence-electron chi connectivity index (χ3n) is 7.43. The van der Waals surface area contributed by atoms with Gasteiger partial charge in [-0.2, -0.15) is 9.40 Å². The summed E-state index contributed by atoms with van der Waals surface area (Å²) in [5.41, 5.74) is 3.69. The number of aliphatic hydroxyl groups is 1. The van der Waals surface area contributed by atoms with Crippen molar-refractivity contribution in [1.29, 1.82) is 0 Å². The number of halogens is 1. The topological polar surface area (TPSA) is 112 Å². The number of aromatic nitrogens is 3. The number of nitrogens with one attached hydrogen (secondary N) is 1. The van der Waals surface area contributed by atoms with E-state index >= 15 is 4.39 Å². The molecule has 11 heteroatoms. The van der Waals surface area contributed by atoms with Crippen LogP contribution in [0.2, 0.25) is 0 Å². The predicted molar refractivity (Wildman–Crippen MR) is 143 cm³/mol. The van der Waals surface area contributed by atoms with Crippen molar-refractivity contribution < 1.29 is 22.7 Å². The van der Waals surface area contributed by atoms with Gasteiger partial charge in [0.25, 0.3) is 0 Å². The summed E-state index contributed by atoms with van der Waals surface area (Å²) >= 11 is 0. The van der Waals surface area contributed by atoms with Crippen molar-refractivity contribution in [2.75, 3.05) is 37.0 Å². The van der Waals surface area contributed by atoms with Gasteiger partial charge in [-0.3, -0.25) is 10.1 Å². The molecule has 0 amide bonds. The van der Waals surface area contributed by atoms with E-state index in [2.05, 4.69) is 20.1 Å². The maximum absolute atomic E-state index is 15.2. The zero-order valence-electron chi connectivity index (χ0n) is 20.8. The van der Waals surface area contributed by atoms with Gasteiger partial charge in [-0.15, -0.1) is 0 Å². The number of hydrogen-bond donors (Lipinski definition) is 2. The third kappa shape index (κ3) is 4.20. The summed E-state index contributed by atoms with van der Waals surface area (Å²) in [7, 11) is -3.58. The fourth-order valence-corrected chi connectivity index (χ4v) is 6.82. The molecule has 0 saturated carbocycles. The molecule has 1 saturated heterocycles. The van der Waals surface area contributed by atoms with Gasteiger partial charge < -0.3 is 14.7 Å². The molecule has 2 aromatic carbocycles. The van der Waals surface area contributed by atoms with Gasteiger partial charge in [0.15, 0.2) is 0 Å². The zero-order chi connectivity index (χ0) is 26.4. The van der Waals surface area contributed by atoms with Crippen LogP contribution in [0.15, 0.2) is 54.7 Å². The molecule has 2 aromatic heterocycles. The number of sulfonamides is 1. The summed E-state index contributed by atoms with van der Waals surface area (Å²) in [6.07, 6.45) is 2.09. The van der Waals surface area contributed by atoms with Crippen molar-refractivity contribution in [3.63, 3.8) is 0 Å². The highest BCUT2D eigenvalue weighted by Gasteiger charge is 2.39. The van der Waals surface area contributed by atoms with Crippen molar-refractivity contribution >= 4 is 26.6 Å². The molecule has 6 bridgehead atoms. The molecule has 2 aliphatic heterocycles. The van der Waals surface area contributed by atoms with Crippen LogP contribution in [0.3, 0.4) is 0 Å². The molecule has 0 aliphatic carbocycles. The van der Waals surface area contributed by atoms with Crippen LogP contribution in [0, 0.1) is 5.82 Å². The van der Waals surface area contributed by atoms with E-state index in [1.54, 1.807) is 31.3 Å². The van der Waals surface area contributed by atoms with E-state index in [0.29, 0.717) is 29.9 Å². The minimum atomic E-state index is -3.58. The van der Waals surface area contributed by atoms with Gasteiger partial charge in [-0.1, -0.05) is 18.2 Å². The minimum Gasteiger partial charge on any atom is -0.491 e. The van der Waals surface area contributed by atoms with Gasteiger partial charge in [-0.25, -0.2) is 12.8 Å². The first-order valence-corrected chi connectivity index (χ1v) is 14.2. The molecular weight excluding hydrogens is 509 g/mol. The lowest BCUT2D eigenvalue weighted by Gasteiger charge is -2.29. The van der Waals surface area contributed by atoms with Crippen LogP contribution in [0.4, 0.5) is 10.1 Å². The number of H-pyrrole nitrogens is 1. The van der Waals surface area contributed by atoms with E-state index in [-0.39, 0.29) is 48.9 Å². The van der Waals surface area contributed by atoms with Crippen LogP contribution in [0.1, 0.15) is 13.3 Å². The number of rotatable bonds is 3. The third-order valence-corrected chi connectivity index (χ3v) is 9.36. The molecule has 198 valence electrons. The fraction of sp³-hybridized carbons (Fsp3) is 0.333. The summed E-state index contributed by atoms with van der Waals surface area (Å²) in [6.45, 7) is 2.06. The molecule has 2 atom stereocenters. The maximum Gasteiger partial charge on any atom is 0.214 e. The standard InChI is InChI=1S/C27H28FN5O4S/c1-2-38(35,36)33-9-10-37-25-8-4-7-22(28)26(25)23-13-21-24(14-29-23)30-31-27(21)17-5-3-6-18(11-17)32-15-19(33)12-20(32)16-34/h3-8,11,13-14,19-20,34H,2,9-10,12,15-16H2,1H3,(H,30,31). The molecular formula is C27H28FN5O4S. The van der Waals surface area contributed by atoms with Crippen LogP contribution in [-0.4, -0.2) is 77.2 Å². The van der Waals surface area contributed by atoms with Gasteiger partial charge >= 0.3 is 0 Å². The molecule has 2 unspecified atom stereocenters. The van der Waals surface area contributed by atoms with E-state index in [9.17, 15) is 13.5 Å². The second kappa shape index (κ2) is 9.64. The number of fused-ring (bicyclic) bond motifs is 9. The molecule has 0 spiro atoms. The molecule has 1 fully saturated rings. The van der Waals surface area contributed by atoms with E-state index in [4.69, 9.17) is 4.74 Å². The van der Waals surface area contributed by atoms with Crippen molar-refractivity contribution in [2.24, 2.45) is 0 Å². The van der Waals surface area contributed by atoms with Crippen LogP contribution < -0.4 is 9.64 Å². The summed E-state index contributed by atoms with van der Waals surface area (Å²) < 4.78 is 49.0. The number of anilines is 1. The number of hydrogen-bond acceptors (Lipinski definition) is 7. The number of aromatic amines is 1. The lowest BCUT2D eigenvalue weighted by atomic mass is 10.0. The van der Waals surface area contributed by atoms with Gasteiger partial charge in [0.2, 0.25) is 10.0 Å². The van der Waals surface area contributed by atoms with Crippen molar-refractivity contribution in [2.45, 2.75) is 25.4 Å². The Labute approximate surface area is 219 Å². The molecule has 4 heterocycles. The highest BCUT2D eigenvalue weighted by Crippen LogP contribution is 2.37. The second-order valence-electron chi connectivity index (χ2n) is 9.59. The Balaban J connectivity index is 1.54. The number of pyridine rings is 1. The molecule has 0 radical (unpaired) electrons. The quantitative estimate of drug-likeness (QED) is 0.412. The first-order valence-electron chi connectivity index (χ1n) is 12.6. The number of nitrogens with zero attached hydrogens (tertiary/aromatic N) is 4. The number of ether oxygens (including phenoxy) is 1. The van der Waals surface area contributed by atoms with Gasteiger partial charge in [0, 0.05) is 35.8 Å². The summed E-state index contributed by atoms with van der Waals surface area (Å²) in [6, 6.07) is 13.5. The molecule has 2 N–H and O–H groups in total. The van der Waals surface area contributed by atoms with Gasteiger partial charge in [0.1, 0.15) is 23.9 Å². The first kappa shape index (κ1) is 24.8. The highest BCUT2D eigenvalue weighted by atomic mass is 32.2. The first-order chi connectivity index (χ1) is 18.4. The Morgan fingerprint density at radius 2 is 2.05 bits per heavy atom. The molecule has 2 aliphatic rings. The molecule has 6 rings (SSSR count). The van der Waals surface area contributed by atoms with Crippen molar-refractivity contribution in [3.8, 4) is 28.3 Å². The lowest BCUT2D eigenvalue weighted by Crippen LogP contribution is -2.44. The van der Waals surface area contributed by atoms with Crippen molar-refractivity contribution in [1.82, 2.24) is 19.5 Å². The van der Waals surface area contributed by atoms with Crippen LogP contribution in [-0.2, 0) is 10.0 Å². The molecule has 9 nitrogen and oxygen atoms in total. The van der Waals surface area contributed by atoms with E-state index in [1.807, 2.05) is 24.3 Å². The van der Waals surface area contributed by atoms with Crippen LogP contribution in [0.5, 0.6) is 5.75 Å². The Hall–Kier alpha value is -3.54. The normalized spacial score (nSPS) is 20.0. The monoisotopic (exact) mass is 537 g/mol. The second-order valence-corrected chi connectivity index (χ2v) is 11.8. The highest BCUT2D eigenvalue weighted by molar-refractivity contribution is 7.89. The minimum absolute atomic E-state index is 0.0324. The van der Waals surface area contributed by atoms with Gasteiger partial charge in [0.05, 0.1) is 41.4 Å². The Morgan fingerprint density at radius 1 is 1.21 bits per heavy atom. The molecule has 4 aromatic rings. The van der Waals surface area contributed by atoms with E-state index in [1.165, 1.54) is 10.4 Å². The summed E-state index contributed by atoms with van der Waals surface area (Å²) in [5, 5.41) is 18.5. The largest absolute Gasteiger partial charge is 0.491 e. The fourth-order valence-electron chi connectivity index (χ4n) is 5.53. The van der Waals surface area contributed by atoms with E-state index < -0.39 is 15.8 Å². The number of aliphatic hydroxyl groups excluding tert-OH is 1. The smallest absolute Gasteiger partial charge is 0.214 e. The summed E-state index contributed by atoms with van der Waals surface area (Å²) in [4.78, 5) is 6.53. The molecule has 38 heavy (non-hydrogen) atoms. The van der Waals surface area contributed by atoms with E-state index in [0.717, 1.165) is 16.6 Å². The number of benzene rings is 2. The Morgan fingerprint density at radius 3 is 2.87 bits per heavy atom. The predicted octanol–water partition coefficient (Wildman–Crippen LogP) is 3.41. The maximum atomic E-state index is 15.2. The zero-order valence-corrected chi connectivity index (χ0v) is 21.7. The average molecular weight is 538 g/mol. The Kier molecular flexibility index (Phi) is 6.29. The summed E-state index contributed by atoms with van der Waals surface area (Å²) in [5.74, 6) is -0.260. The van der Waals surface area contributed by atoms with Crippen LogP contribution in [0.25, 0.3) is 33.4 Å².